The van der Waals surface area contributed by atoms with E-state index < -0.39 is 10.9 Å². The molecule has 0 saturated heterocycles. The van der Waals surface area contributed by atoms with E-state index in [-0.39, 0.29) is 41.8 Å². The first-order valence-electron chi connectivity index (χ1n) is 3.60. The van der Waals surface area contributed by atoms with Crippen LogP contribution in [0.25, 0.3) is 0 Å². The van der Waals surface area contributed by atoms with E-state index >= 15 is 0 Å². The number of nitro benzene ring substituents is 1. The minimum Gasteiger partial charge on any atom is -0.480 e. The van der Waals surface area contributed by atoms with Gasteiger partial charge in [-0.3, -0.25) is 14.9 Å². The topological polar surface area (TPSA) is 106 Å². The van der Waals surface area contributed by atoms with Crippen LogP contribution < -0.4 is 35.3 Å². The van der Waals surface area contributed by atoms with Crippen molar-refractivity contribution in [3.05, 3.63) is 40.4 Å². The second-order valence-corrected chi connectivity index (χ2v) is 2.11. The van der Waals surface area contributed by atoms with Gasteiger partial charge in [-0.15, -0.1) is 0 Å². The zero-order chi connectivity index (χ0) is 11.0. The van der Waals surface area contributed by atoms with Crippen LogP contribution in [0, 0.1) is 16.2 Å². The molecule has 0 saturated carbocycles. The van der Waals surface area contributed by atoms with Crippen molar-refractivity contribution in [2.45, 2.75) is 0 Å². The van der Waals surface area contributed by atoms with Gasteiger partial charge < -0.3 is 10.8 Å². The first-order chi connectivity index (χ1) is 6.57. The van der Waals surface area contributed by atoms with Gasteiger partial charge in [-0.2, -0.15) is 18.2 Å². The summed E-state index contributed by atoms with van der Waals surface area (Å²) in [6.45, 7) is -0.278. The van der Waals surface area contributed by atoms with Crippen LogP contribution >= 0.6 is 0 Å². The number of carbonyl (C=O) groups is 1. The monoisotopic (exact) mass is 220 g/mol. The molecule has 0 aliphatic heterocycles. The van der Waals surface area contributed by atoms with Crippen molar-refractivity contribution in [1.82, 2.24) is 0 Å². The van der Waals surface area contributed by atoms with Crippen LogP contribution in [0.15, 0.2) is 24.3 Å². The van der Waals surface area contributed by atoms with E-state index in [4.69, 9.17) is 5.11 Å². The predicted molar refractivity (Wildman–Crippen MR) is 48.6 cm³/mol. The van der Waals surface area contributed by atoms with Crippen molar-refractivity contribution < 1.29 is 44.4 Å². The molecule has 0 unspecified atom stereocenters. The molecule has 0 aliphatic rings. The molecular weight excluding hydrogens is 211 g/mol. The van der Waals surface area contributed by atoms with E-state index in [2.05, 4.69) is 11.8 Å². The van der Waals surface area contributed by atoms with Gasteiger partial charge in [-0.25, -0.2) is 0 Å². The fourth-order valence-corrected chi connectivity index (χ4v) is 0.500. The first-order valence-corrected chi connectivity index (χ1v) is 3.60. The third kappa shape index (κ3) is 9.36. The summed E-state index contributed by atoms with van der Waals surface area (Å²) in [6, 6.07) is 8.51. The summed E-state index contributed by atoms with van der Waals surface area (Å²) in [4.78, 5) is 18.8. The Balaban J connectivity index is 0. The smallest absolute Gasteiger partial charge is 0.480 e. The largest absolute Gasteiger partial charge is 1.00 e. The number of carboxylic acids is 1. The van der Waals surface area contributed by atoms with Crippen molar-refractivity contribution >= 4 is 11.7 Å². The van der Waals surface area contributed by atoms with Crippen LogP contribution in [-0.4, -0.2) is 22.5 Å². The Bertz CT molecular complexity index is 305. The van der Waals surface area contributed by atoms with Gasteiger partial charge in [-0.1, -0.05) is 12.1 Å². The number of nitrogens with two attached hydrogens (primary N) is 1. The molecule has 0 amide bonds. The molecule has 0 heterocycles. The molecule has 0 atom stereocenters. The summed E-state index contributed by atoms with van der Waals surface area (Å²) in [6.07, 6.45) is 0. The molecular formula is C8H9N2NaO4. The Morgan fingerprint density at radius 2 is 1.93 bits per heavy atom. The Hall–Kier alpha value is -0.950. The standard InChI is InChI=1S/C6H4NO2.C2H5NO2.Na/c8-7(9)6-4-2-1-3-5-6;3-1-2(4)5;/h2-5H;1,3H2,(H,4,5);/q-1;;+1. The quantitative estimate of drug-likeness (QED) is 0.246. The number of benzene rings is 1. The van der Waals surface area contributed by atoms with Gasteiger partial charge in [0.1, 0.15) is 0 Å². The normalized spacial score (nSPS) is 7.80. The number of aliphatic carboxylic acids is 1. The van der Waals surface area contributed by atoms with Crippen LogP contribution in [0.2, 0.25) is 0 Å². The zero-order valence-corrected chi connectivity index (χ0v) is 10.2. The van der Waals surface area contributed by atoms with E-state index in [1.54, 1.807) is 0 Å². The molecule has 0 aromatic heterocycles. The molecule has 6 nitrogen and oxygen atoms in total. The first kappa shape index (κ1) is 16.5. The molecule has 1 rings (SSSR count). The van der Waals surface area contributed by atoms with Gasteiger partial charge in [0.15, 0.2) is 5.69 Å². The molecule has 0 radical (unpaired) electrons. The number of hydrogen-bond donors (Lipinski definition) is 2. The zero-order valence-electron chi connectivity index (χ0n) is 8.21. The van der Waals surface area contributed by atoms with Crippen LogP contribution in [0.4, 0.5) is 5.69 Å². The van der Waals surface area contributed by atoms with Crippen molar-refractivity contribution in [2.24, 2.45) is 5.73 Å². The number of rotatable bonds is 2. The molecule has 15 heavy (non-hydrogen) atoms. The summed E-state index contributed by atoms with van der Waals surface area (Å²) < 4.78 is 0. The molecule has 3 N–H and O–H groups in total. The van der Waals surface area contributed by atoms with Crippen LogP contribution in [-0.2, 0) is 4.79 Å². The molecule has 76 valence electrons. The van der Waals surface area contributed by atoms with E-state index in [1.165, 1.54) is 24.3 Å². The number of hydrogen-bond acceptors (Lipinski definition) is 4. The van der Waals surface area contributed by atoms with Crippen LogP contribution in [0.5, 0.6) is 0 Å². The summed E-state index contributed by atoms with van der Waals surface area (Å²) in [5.41, 5.74) is 4.68. The Morgan fingerprint density at radius 1 is 1.53 bits per heavy atom. The second-order valence-electron chi connectivity index (χ2n) is 2.11. The summed E-state index contributed by atoms with van der Waals surface area (Å²) >= 11 is 0. The van der Waals surface area contributed by atoms with Gasteiger partial charge >= 0.3 is 35.5 Å². The Morgan fingerprint density at radius 3 is 2.13 bits per heavy atom. The molecule has 0 aliphatic carbocycles. The third-order valence-corrected chi connectivity index (χ3v) is 1.09. The van der Waals surface area contributed by atoms with Crippen LogP contribution in [0.1, 0.15) is 0 Å². The average molecular weight is 220 g/mol. The second kappa shape index (κ2) is 9.60. The van der Waals surface area contributed by atoms with Gasteiger partial charge in [0, 0.05) is 4.92 Å². The average Bonchev–Trinajstić information content (AvgIpc) is 2.20. The van der Waals surface area contributed by atoms with Crippen molar-refractivity contribution in [3.63, 3.8) is 0 Å². The molecule has 0 fully saturated rings. The van der Waals surface area contributed by atoms with E-state index in [1.807, 2.05) is 0 Å². The molecule has 0 bridgehead atoms. The number of nitro groups is 1. The molecule has 0 spiro atoms. The number of non-ortho nitro benzene ring substituents is 1. The summed E-state index contributed by atoms with van der Waals surface area (Å²) in [7, 11) is 0. The van der Waals surface area contributed by atoms with Crippen molar-refractivity contribution in [1.29, 1.82) is 0 Å². The number of nitrogens with zero attached hydrogens (tertiary/aromatic N) is 1. The summed E-state index contributed by atoms with van der Waals surface area (Å²) in [5.74, 6) is -0.968. The molecule has 7 heteroatoms. The fourth-order valence-electron chi connectivity index (χ4n) is 0.500. The number of carboxylic acid groups (broad SMARTS) is 1. The van der Waals surface area contributed by atoms with E-state index in [0.717, 1.165) is 0 Å². The maximum absolute atomic E-state index is 9.99. The maximum Gasteiger partial charge on any atom is 1.00 e. The molecule has 1 aromatic carbocycles. The van der Waals surface area contributed by atoms with Crippen molar-refractivity contribution in [3.8, 4) is 0 Å². The van der Waals surface area contributed by atoms with Gasteiger partial charge in [0.2, 0.25) is 0 Å². The van der Waals surface area contributed by atoms with Crippen molar-refractivity contribution in [2.75, 3.05) is 6.54 Å². The SMILES string of the molecule is NCC(=O)O.O=[N+]([O-])c1cc[c-]cc1.[Na+]. The van der Waals surface area contributed by atoms with Crippen LogP contribution in [0.3, 0.4) is 0 Å². The molecule has 1 aromatic rings. The van der Waals surface area contributed by atoms with Gasteiger partial charge in [-0.05, 0) is 0 Å². The van der Waals surface area contributed by atoms with Gasteiger partial charge in [0.05, 0.1) is 6.54 Å². The summed E-state index contributed by atoms with van der Waals surface area (Å²) in [5, 5.41) is 17.6. The van der Waals surface area contributed by atoms with Gasteiger partial charge in [0.25, 0.3) is 0 Å². The minimum atomic E-state index is -0.968. The maximum atomic E-state index is 9.99. The Labute approximate surface area is 109 Å². The Kier molecular flexibility index (Phi) is 10.5. The third-order valence-electron chi connectivity index (χ3n) is 1.09. The minimum absolute atomic E-state index is 0. The predicted octanol–water partition coefficient (Wildman–Crippen LogP) is -2.57. The fraction of sp³-hybridized carbons (Fsp3) is 0.125. The van der Waals surface area contributed by atoms with E-state index in [9.17, 15) is 14.9 Å². The van der Waals surface area contributed by atoms with E-state index in [0.29, 0.717) is 0 Å².